The molecule has 0 aliphatic carbocycles. The van der Waals surface area contributed by atoms with Crippen molar-refractivity contribution in [3.05, 3.63) is 48.5 Å². The highest BCUT2D eigenvalue weighted by Crippen LogP contribution is 2.50. The highest BCUT2D eigenvalue weighted by molar-refractivity contribution is 6.11. The number of rotatable bonds is 32. The third-order valence-electron chi connectivity index (χ3n) is 17.9. The second-order valence-corrected chi connectivity index (χ2v) is 25.5. The molecule has 3 aromatic heterocycles. The maximum absolute atomic E-state index is 6.98. The normalized spacial score (nSPS) is 14.7. The number of aromatic amines is 2. The monoisotopic (exact) mass is 1200 g/mol. The number of fused-ring (bicyclic) bond motifs is 20. The van der Waals surface area contributed by atoms with Crippen LogP contribution < -0.4 is 37.9 Å². The molecule has 8 atom stereocenters. The summed E-state index contributed by atoms with van der Waals surface area (Å²) in [6.45, 7) is 38.7. The van der Waals surface area contributed by atoms with Crippen LogP contribution in [0.4, 0.5) is 0 Å². The average Bonchev–Trinajstić information content (AvgIpc) is 1.76. The van der Waals surface area contributed by atoms with E-state index in [1.54, 1.807) is 0 Å². The van der Waals surface area contributed by atoms with Crippen molar-refractivity contribution in [3.8, 4) is 91.5 Å². The predicted molar refractivity (Wildman–Crippen MR) is 356 cm³/mol. The van der Waals surface area contributed by atoms with Gasteiger partial charge in [-0.25, -0.2) is 29.9 Å². The van der Waals surface area contributed by atoms with E-state index in [4.69, 9.17) is 67.8 Å². The molecule has 0 amide bonds. The van der Waals surface area contributed by atoms with Gasteiger partial charge in [0.1, 0.15) is 22.6 Å². The Morgan fingerprint density at radius 2 is 0.534 bits per heavy atom. The van der Waals surface area contributed by atoms with Crippen molar-refractivity contribution >= 4 is 44.1 Å². The van der Waals surface area contributed by atoms with Gasteiger partial charge in [0.2, 0.25) is 0 Å². The lowest BCUT2D eigenvalue weighted by atomic mass is 10.1. The number of hydrogen-bond acceptors (Lipinski definition) is 14. The van der Waals surface area contributed by atoms with Crippen molar-refractivity contribution in [2.45, 2.75) is 162 Å². The summed E-state index contributed by atoms with van der Waals surface area (Å²) in [4.78, 5) is 40.7. The summed E-state index contributed by atoms with van der Waals surface area (Å²) in [6.07, 6.45) is 7.53. The van der Waals surface area contributed by atoms with Gasteiger partial charge in [-0.15, -0.1) is 0 Å². The number of ether oxygens (including phenoxy) is 8. The van der Waals surface area contributed by atoms with Gasteiger partial charge in [-0.3, -0.25) is 0 Å². The van der Waals surface area contributed by atoms with Gasteiger partial charge in [-0.2, -0.15) is 0 Å². The second kappa shape index (κ2) is 29.8. The van der Waals surface area contributed by atoms with E-state index in [0.29, 0.717) is 201 Å². The first kappa shape index (κ1) is 65.1. The van der Waals surface area contributed by atoms with Gasteiger partial charge in [0, 0.05) is 21.9 Å². The predicted octanol–water partition coefficient (Wildman–Crippen LogP) is 18.3. The van der Waals surface area contributed by atoms with E-state index in [1.165, 1.54) is 0 Å². The van der Waals surface area contributed by atoms with Crippen LogP contribution in [-0.2, 0) is 0 Å². The Bertz CT molecular complexity index is 3450. The van der Waals surface area contributed by atoms with Gasteiger partial charge in [-0.1, -0.05) is 162 Å². The molecule has 16 nitrogen and oxygen atoms in total. The second-order valence-electron chi connectivity index (χ2n) is 25.5. The van der Waals surface area contributed by atoms with Crippen molar-refractivity contribution in [1.82, 2.24) is 39.9 Å². The van der Waals surface area contributed by atoms with Crippen LogP contribution in [0, 0.1) is 47.3 Å². The van der Waals surface area contributed by atoms with Crippen molar-refractivity contribution in [2.75, 3.05) is 52.9 Å². The van der Waals surface area contributed by atoms with Crippen LogP contribution in [0.25, 0.3) is 89.7 Å². The van der Waals surface area contributed by atoms with Gasteiger partial charge in [0.15, 0.2) is 69.3 Å². The van der Waals surface area contributed by atoms with Crippen LogP contribution in [0.1, 0.15) is 162 Å². The first-order chi connectivity index (χ1) is 42.5. The van der Waals surface area contributed by atoms with Gasteiger partial charge < -0.3 is 47.9 Å². The van der Waals surface area contributed by atoms with Gasteiger partial charge in [0.25, 0.3) is 0 Å². The summed E-state index contributed by atoms with van der Waals surface area (Å²) in [5.74, 6) is 8.39. The first-order valence-electron chi connectivity index (χ1n) is 33.1. The Kier molecular flexibility index (Phi) is 22.0. The quantitative estimate of drug-likeness (QED) is 0.0406. The van der Waals surface area contributed by atoms with E-state index in [9.17, 15) is 0 Å². The van der Waals surface area contributed by atoms with E-state index in [-0.39, 0.29) is 23.7 Å². The standard InChI is InChI=1S/C72H98N8O8/c1-17-41(9)33-81-53-29-25-49-57(61(53)85-37-45(13)21-5)69-73-65(49)78-70-59-51(27-31-55(83-35-43(11)19-3)63(59)87-39-47(15)23-7)67(75-70)80-72-60-52(28-32-56(84-36-44(12)20-4)64(60)88-40-48(16)24-8)68(76-72)79-71-58-50(66(74-71)77-69)26-30-54(82-34-42(10)18-2)62(58)86-38-46(14)22-6/h25-32,41-48H,17-24,33-40H2,1-16H3,(H2,73,74,75,76,77,78,79,80)/t41-,42-,43-,44-,45-,46-,47-,48-/m1/s1. The fraction of sp³-hybridized carbons (Fsp3) is 0.556. The summed E-state index contributed by atoms with van der Waals surface area (Å²) in [5, 5.41) is 2.86. The number of nitrogens with one attached hydrogen (secondary N) is 2. The molecular weight excluding hydrogens is 1100 g/mol. The Hall–Kier alpha value is -7.36. The molecule has 474 valence electrons. The molecule has 2 aliphatic rings. The minimum atomic E-state index is 0.243. The SMILES string of the molecule is CC[C@@H](C)COc1ccc2c(c1OC[C@H](C)CC)-c1nc-2nc2[nH]c(nc3nc(nc4[nH]c(n1)c1ccc(OC[C@H](C)CC)c(OC[C@H](C)CC)c41)-c1ccc(OC[C@H](C)CC)c(OC[C@H](C)CC)c1-3)c1ccc(OC[C@H](C)CC)c(OC[C@H](C)CC)c21. The summed E-state index contributed by atoms with van der Waals surface area (Å²) < 4.78 is 54.8. The van der Waals surface area contributed by atoms with E-state index in [1.807, 2.05) is 48.5 Å². The number of hydrogen-bond donors (Lipinski definition) is 2. The summed E-state index contributed by atoms with van der Waals surface area (Å²) >= 11 is 0. The van der Waals surface area contributed by atoms with Crippen LogP contribution in [0.5, 0.6) is 46.0 Å². The minimum Gasteiger partial charge on any atom is -0.489 e. The fourth-order valence-corrected chi connectivity index (χ4v) is 9.75. The molecule has 0 fully saturated rings. The van der Waals surface area contributed by atoms with Crippen LogP contribution in [0.2, 0.25) is 0 Å². The van der Waals surface area contributed by atoms with Gasteiger partial charge in [0.05, 0.1) is 74.8 Å². The van der Waals surface area contributed by atoms with E-state index < -0.39 is 0 Å². The molecule has 4 aromatic carbocycles. The number of aromatic nitrogens is 8. The highest BCUT2D eigenvalue weighted by Gasteiger charge is 2.32. The molecule has 0 saturated carbocycles. The molecule has 7 aromatic rings. The molecule has 2 aliphatic heterocycles. The Morgan fingerprint density at radius 1 is 0.284 bits per heavy atom. The topological polar surface area (TPSA) is 183 Å². The Labute approximate surface area is 522 Å². The molecular formula is C72H98N8O8. The van der Waals surface area contributed by atoms with Crippen LogP contribution in [0.3, 0.4) is 0 Å². The summed E-state index contributed by atoms with van der Waals surface area (Å²) in [7, 11) is 0. The molecule has 88 heavy (non-hydrogen) atoms. The van der Waals surface area contributed by atoms with E-state index in [0.717, 1.165) is 62.1 Å². The molecule has 0 saturated heterocycles. The average molecular weight is 1200 g/mol. The number of benzene rings is 4. The molecule has 8 bridgehead atoms. The maximum Gasteiger partial charge on any atom is 0.172 e. The van der Waals surface area contributed by atoms with Crippen molar-refractivity contribution < 1.29 is 37.9 Å². The number of nitrogens with zero attached hydrogens (tertiary/aromatic N) is 6. The van der Waals surface area contributed by atoms with Gasteiger partial charge >= 0.3 is 0 Å². The van der Waals surface area contributed by atoms with Crippen molar-refractivity contribution in [2.24, 2.45) is 47.3 Å². The zero-order valence-electron chi connectivity index (χ0n) is 55.5. The lowest BCUT2D eigenvalue weighted by molar-refractivity contribution is 0.218. The Balaban J connectivity index is 1.48. The maximum atomic E-state index is 6.98. The zero-order valence-corrected chi connectivity index (χ0v) is 55.5. The first-order valence-corrected chi connectivity index (χ1v) is 33.1. The fourth-order valence-electron chi connectivity index (χ4n) is 9.75. The van der Waals surface area contributed by atoms with Gasteiger partial charge in [-0.05, 0) is 95.9 Å². The van der Waals surface area contributed by atoms with E-state index >= 15 is 0 Å². The molecule has 0 radical (unpaired) electrons. The summed E-state index contributed by atoms with van der Waals surface area (Å²) in [6, 6.07) is 16.0. The lowest BCUT2D eigenvalue weighted by Crippen LogP contribution is -2.12. The smallest absolute Gasteiger partial charge is 0.172 e. The van der Waals surface area contributed by atoms with Crippen LogP contribution in [0.15, 0.2) is 48.5 Å². The molecule has 2 N–H and O–H groups in total. The molecule has 9 rings (SSSR count). The molecule has 5 heterocycles. The Morgan fingerprint density at radius 3 is 0.830 bits per heavy atom. The van der Waals surface area contributed by atoms with Crippen molar-refractivity contribution in [1.29, 1.82) is 0 Å². The largest absolute Gasteiger partial charge is 0.489 e. The lowest BCUT2D eigenvalue weighted by Gasteiger charge is -2.19. The molecule has 0 spiro atoms. The van der Waals surface area contributed by atoms with Crippen LogP contribution >= 0.6 is 0 Å². The number of H-pyrrole nitrogens is 2. The zero-order chi connectivity index (χ0) is 62.8. The highest BCUT2D eigenvalue weighted by atomic mass is 16.5. The molecule has 16 heteroatoms. The summed E-state index contributed by atoms with van der Waals surface area (Å²) in [5.41, 5.74) is 4.65. The van der Waals surface area contributed by atoms with Crippen LogP contribution in [-0.4, -0.2) is 92.7 Å². The molecule has 0 unspecified atom stereocenters. The third kappa shape index (κ3) is 14.5. The van der Waals surface area contributed by atoms with E-state index in [2.05, 4.69) is 121 Å². The third-order valence-corrected chi connectivity index (χ3v) is 17.9. The minimum absolute atomic E-state index is 0.243. The van der Waals surface area contributed by atoms with Crippen molar-refractivity contribution in [3.63, 3.8) is 0 Å².